The zero-order chi connectivity index (χ0) is 20.7. The number of nitrogens with two attached hydrogens (primary N) is 1. The lowest BCUT2D eigenvalue weighted by Gasteiger charge is -2.28. The number of fused-ring (bicyclic) bond motifs is 2. The zero-order valence-electron chi connectivity index (χ0n) is 15.9. The summed E-state index contributed by atoms with van der Waals surface area (Å²) < 4.78 is 5.66. The number of hydrogen-bond acceptors (Lipinski definition) is 8. The van der Waals surface area contributed by atoms with Crippen LogP contribution in [0, 0.1) is 0 Å². The minimum Gasteiger partial charge on any atom is -0.440 e. The van der Waals surface area contributed by atoms with Crippen molar-refractivity contribution >= 4 is 28.5 Å². The summed E-state index contributed by atoms with van der Waals surface area (Å²) >= 11 is 6.04. The van der Waals surface area contributed by atoms with E-state index in [1.165, 1.54) is 6.33 Å². The predicted octanol–water partition coefficient (Wildman–Crippen LogP) is 2.83. The fourth-order valence-electron chi connectivity index (χ4n) is 3.66. The summed E-state index contributed by atoms with van der Waals surface area (Å²) in [4.78, 5) is 32.3. The van der Waals surface area contributed by atoms with Crippen molar-refractivity contribution in [1.82, 2.24) is 24.8 Å². The molecule has 4 heterocycles. The third-order valence-electron chi connectivity index (χ3n) is 5.19. The summed E-state index contributed by atoms with van der Waals surface area (Å²) in [5, 5.41) is 0.913. The monoisotopic (exact) mass is 420 g/mol. The number of halogens is 1. The number of nitrogens with zero attached hydrogens (tertiary/aromatic N) is 5. The molecule has 0 saturated carbocycles. The Labute approximate surface area is 176 Å². The van der Waals surface area contributed by atoms with Gasteiger partial charge in [-0.3, -0.25) is 9.69 Å². The fraction of sp³-hybridized carbons (Fsp3) is 0.190. The van der Waals surface area contributed by atoms with Crippen molar-refractivity contribution in [1.29, 1.82) is 0 Å². The van der Waals surface area contributed by atoms with Gasteiger partial charge in [-0.1, -0.05) is 11.6 Å². The number of rotatable bonds is 3. The van der Waals surface area contributed by atoms with E-state index >= 15 is 0 Å². The standard InChI is InChI=1S/C21H17ClN6O2/c22-14-1-2-18-15(5-14)19(29)16(20(23)30-18)10-28-4-3-17-13(9-28)8-26-21(27-17)12-6-24-11-25-7-12/h1-2,5-8,11H,3-4,9-10,23H2. The lowest BCUT2D eigenvalue weighted by Crippen LogP contribution is -2.33. The van der Waals surface area contributed by atoms with Gasteiger partial charge >= 0.3 is 0 Å². The van der Waals surface area contributed by atoms with Gasteiger partial charge in [-0.2, -0.15) is 0 Å². The first-order valence-electron chi connectivity index (χ1n) is 9.42. The first-order valence-corrected chi connectivity index (χ1v) is 9.79. The van der Waals surface area contributed by atoms with Gasteiger partial charge in [-0.25, -0.2) is 19.9 Å². The average Bonchev–Trinajstić information content (AvgIpc) is 2.77. The second kappa shape index (κ2) is 7.47. The van der Waals surface area contributed by atoms with Crippen LogP contribution in [0.25, 0.3) is 22.4 Å². The minimum atomic E-state index is -0.155. The van der Waals surface area contributed by atoms with Gasteiger partial charge in [0.25, 0.3) is 0 Å². The molecule has 0 radical (unpaired) electrons. The maximum Gasteiger partial charge on any atom is 0.199 e. The summed E-state index contributed by atoms with van der Waals surface area (Å²) in [7, 11) is 0. The molecule has 3 aromatic heterocycles. The lowest BCUT2D eigenvalue weighted by molar-refractivity contribution is 0.241. The number of anilines is 1. The van der Waals surface area contributed by atoms with Gasteiger partial charge in [0.05, 0.1) is 22.2 Å². The predicted molar refractivity (Wildman–Crippen MR) is 113 cm³/mol. The van der Waals surface area contributed by atoms with E-state index in [-0.39, 0.29) is 11.3 Å². The molecule has 8 nitrogen and oxygen atoms in total. The van der Waals surface area contributed by atoms with Crippen LogP contribution >= 0.6 is 11.6 Å². The molecule has 0 spiro atoms. The molecular weight excluding hydrogens is 404 g/mol. The molecule has 2 N–H and O–H groups in total. The van der Waals surface area contributed by atoms with Crippen LogP contribution in [-0.2, 0) is 19.5 Å². The van der Waals surface area contributed by atoms with Crippen molar-refractivity contribution in [2.24, 2.45) is 0 Å². The third kappa shape index (κ3) is 3.40. The molecule has 4 aromatic rings. The van der Waals surface area contributed by atoms with Crippen LogP contribution in [-0.4, -0.2) is 31.4 Å². The van der Waals surface area contributed by atoms with Crippen molar-refractivity contribution < 1.29 is 4.42 Å². The van der Waals surface area contributed by atoms with E-state index in [0.717, 1.165) is 29.8 Å². The molecule has 0 bridgehead atoms. The van der Waals surface area contributed by atoms with Crippen LogP contribution < -0.4 is 11.2 Å². The molecule has 1 aromatic carbocycles. The molecule has 150 valence electrons. The van der Waals surface area contributed by atoms with Gasteiger partial charge in [0, 0.05) is 55.2 Å². The van der Waals surface area contributed by atoms with Crippen LogP contribution in [0.5, 0.6) is 0 Å². The summed E-state index contributed by atoms with van der Waals surface area (Å²) in [5.41, 5.74) is 9.57. The highest BCUT2D eigenvalue weighted by Gasteiger charge is 2.22. The average molecular weight is 421 g/mol. The topological polar surface area (TPSA) is 111 Å². The third-order valence-corrected chi connectivity index (χ3v) is 5.43. The SMILES string of the molecule is Nc1oc2ccc(Cl)cc2c(=O)c1CN1CCc2nc(-c3cncnc3)ncc2C1. The van der Waals surface area contributed by atoms with Gasteiger partial charge in [-0.15, -0.1) is 0 Å². The Balaban J connectivity index is 1.41. The van der Waals surface area contributed by atoms with Crippen molar-refractivity contribution in [2.75, 3.05) is 12.3 Å². The Morgan fingerprint density at radius 3 is 2.87 bits per heavy atom. The molecule has 0 atom stereocenters. The largest absolute Gasteiger partial charge is 0.440 e. The summed E-state index contributed by atoms with van der Waals surface area (Å²) in [6, 6.07) is 4.94. The highest BCUT2D eigenvalue weighted by molar-refractivity contribution is 6.31. The van der Waals surface area contributed by atoms with Crippen molar-refractivity contribution in [3.05, 3.63) is 75.2 Å². The molecule has 9 heteroatoms. The molecule has 0 aliphatic carbocycles. The van der Waals surface area contributed by atoms with Crippen LogP contribution in [0.3, 0.4) is 0 Å². The van der Waals surface area contributed by atoms with Crippen molar-refractivity contribution in [3.8, 4) is 11.4 Å². The summed E-state index contributed by atoms with van der Waals surface area (Å²) in [5.74, 6) is 0.746. The second-order valence-corrected chi connectivity index (χ2v) is 7.60. The highest BCUT2D eigenvalue weighted by atomic mass is 35.5. The summed E-state index contributed by atoms with van der Waals surface area (Å²) in [6.07, 6.45) is 7.42. The molecular formula is C21H17ClN6O2. The van der Waals surface area contributed by atoms with E-state index in [1.54, 1.807) is 30.6 Å². The van der Waals surface area contributed by atoms with Gasteiger partial charge in [0.15, 0.2) is 17.1 Å². The van der Waals surface area contributed by atoms with E-state index in [0.29, 0.717) is 40.5 Å². The fourth-order valence-corrected chi connectivity index (χ4v) is 3.83. The maximum absolute atomic E-state index is 13.0. The van der Waals surface area contributed by atoms with E-state index in [1.807, 2.05) is 6.20 Å². The van der Waals surface area contributed by atoms with Crippen LogP contribution in [0.1, 0.15) is 16.8 Å². The maximum atomic E-state index is 13.0. The summed E-state index contributed by atoms with van der Waals surface area (Å²) in [6.45, 7) is 1.74. The normalized spacial score (nSPS) is 14.0. The van der Waals surface area contributed by atoms with Crippen molar-refractivity contribution in [2.45, 2.75) is 19.5 Å². The van der Waals surface area contributed by atoms with Crippen molar-refractivity contribution in [3.63, 3.8) is 0 Å². The molecule has 1 aliphatic rings. The highest BCUT2D eigenvalue weighted by Crippen LogP contribution is 2.25. The first-order chi connectivity index (χ1) is 14.6. The van der Waals surface area contributed by atoms with E-state index < -0.39 is 0 Å². The van der Waals surface area contributed by atoms with Gasteiger partial charge in [-0.05, 0) is 18.2 Å². The van der Waals surface area contributed by atoms with Gasteiger partial charge in [0.1, 0.15) is 11.9 Å². The van der Waals surface area contributed by atoms with Gasteiger partial charge in [0.2, 0.25) is 0 Å². The van der Waals surface area contributed by atoms with Gasteiger partial charge < -0.3 is 10.2 Å². The second-order valence-electron chi connectivity index (χ2n) is 7.17. The Hall–Kier alpha value is -3.36. The molecule has 0 amide bonds. The Bertz CT molecular complexity index is 1310. The molecule has 0 fully saturated rings. The van der Waals surface area contributed by atoms with E-state index in [2.05, 4.69) is 24.8 Å². The molecule has 30 heavy (non-hydrogen) atoms. The minimum absolute atomic E-state index is 0.135. The van der Waals surface area contributed by atoms with Crippen LogP contribution in [0.4, 0.5) is 5.88 Å². The lowest BCUT2D eigenvalue weighted by atomic mass is 10.1. The quantitative estimate of drug-likeness (QED) is 0.538. The van der Waals surface area contributed by atoms with Crippen LogP contribution in [0.15, 0.2) is 52.3 Å². The smallest absolute Gasteiger partial charge is 0.199 e. The Morgan fingerprint density at radius 1 is 1.20 bits per heavy atom. The number of aromatic nitrogens is 4. The molecule has 0 saturated heterocycles. The van der Waals surface area contributed by atoms with E-state index in [4.69, 9.17) is 21.8 Å². The zero-order valence-corrected chi connectivity index (χ0v) is 16.6. The number of hydrogen-bond donors (Lipinski definition) is 1. The number of nitrogen functional groups attached to an aromatic ring is 1. The number of benzene rings is 1. The molecule has 0 unspecified atom stereocenters. The molecule has 5 rings (SSSR count). The Kier molecular flexibility index (Phi) is 4.65. The Morgan fingerprint density at radius 2 is 2.03 bits per heavy atom. The van der Waals surface area contributed by atoms with Crippen LogP contribution in [0.2, 0.25) is 5.02 Å². The molecule has 1 aliphatic heterocycles. The van der Waals surface area contributed by atoms with E-state index in [9.17, 15) is 4.79 Å². The first kappa shape index (κ1) is 18.7.